The number of nitrogens with zero attached hydrogens (tertiary/aromatic N) is 2. The van der Waals surface area contributed by atoms with Crippen molar-refractivity contribution in [3.8, 4) is 11.5 Å². The maximum absolute atomic E-state index is 13.5. The summed E-state index contributed by atoms with van der Waals surface area (Å²) in [6.07, 6.45) is 0.985. The van der Waals surface area contributed by atoms with Gasteiger partial charge in [0, 0.05) is 52.1 Å². The number of rotatable bonds is 12. The second-order valence-corrected chi connectivity index (χ2v) is 11.9. The highest BCUT2D eigenvalue weighted by molar-refractivity contribution is 6.16. The van der Waals surface area contributed by atoms with E-state index in [4.69, 9.17) is 23.7 Å². The third-order valence-electron chi connectivity index (χ3n) is 7.45. The number of morpholine rings is 1. The van der Waals surface area contributed by atoms with Crippen LogP contribution >= 0.6 is 0 Å². The lowest BCUT2D eigenvalue weighted by molar-refractivity contribution is -0.222. The van der Waals surface area contributed by atoms with Crippen LogP contribution < -0.4 is 14.8 Å². The molecule has 234 valence electrons. The molecule has 4 rings (SSSR count). The third kappa shape index (κ3) is 8.42. The zero-order valence-corrected chi connectivity index (χ0v) is 26.4. The van der Waals surface area contributed by atoms with Crippen molar-refractivity contribution in [2.24, 2.45) is 5.92 Å². The molecule has 43 heavy (non-hydrogen) atoms. The van der Waals surface area contributed by atoms with Gasteiger partial charge in [0.25, 0.3) is 5.79 Å². The molecule has 2 fully saturated rings. The Labute approximate surface area is 254 Å². The first kappa shape index (κ1) is 32.2. The van der Waals surface area contributed by atoms with Gasteiger partial charge in [0.15, 0.2) is 5.57 Å². The first-order chi connectivity index (χ1) is 20.5. The van der Waals surface area contributed by atoms with Gasteiger partial charge in [-0.05, 0) is 42.5 Å². The third-order valence-corrected chi connectivity index (χ3v) is 7.45. The highest BCUT2D eigenvalue weighted by Gasteiger charge is 2.43. The lowest BCUT2D eigenvalue weighted by Crippen LogP contribution is -2.49. The van der Waals surface area contributed by atoms with Gasteiger partial charge in [0.2, 0.25) is 0 Å². The molecular weight excluding hydrogens is 550 g/mol. The molecule has 0 amide bonds. The molecule has 1 N–H and O–H groups in total. The quantitative estimate of drug-likeness (QED) is 0.213. The summed E-state index contributed by atoms with van der Waals surface area (Å²) in [5, 5.41) is 3.36. The van der Waals surface area contributed by atoms with Crippen molar-refractivity contribution < 1.29 is 33.3 Å². The van der Waals surface area contributed by atoms with Crippen LogP contribution in [0.25, 0.3) is 0 Å². The van der Waals surface area contributed by atoms with Crippen LogP contribution in [0.4, 0.5) is 5.69 Å². The number of cyclic esters (lactones) is 2. The number of nitrogens with one attached hydrogen (secondary N) is 1. The highest BCUT2D eigenvalue weighted by atomic mass is 16.7. The molecule has 0 radical (unpaired) electrons. The number of anilines is 1. The van der Waals surface area contributed by atoms with Crippen LogP contribution in [-0.4, -0.2) is 80.6 Å². The van der Waals surface area contributed by atoms with Gasteiger partial charge in [0.1, 0.15) is 17.3 Å². The number of hydrogen-bond donors (Lipinski definition) is 1. The summed E-state index contributed by atoms with van der Waals surface area (Å²) in [5.74, 6) is -0.983. The maximum Gasteiger partial charge on any atom is 0.352 e. The molecule has 0 aromatic heterocycles. The fourth-order valence-electron chi connectivity index (χ4n) is 5.31. The summed E-state index contributed by atoms with van der Waals surface area (Å²) in [6.45, 7) is 13.6. The smallest absolute Gasteiger partial charge is 0.352 e. The summed E-state index contributed by atoms with van der Waals surface area (Å²) < 4.78 is 27.7. The predicted octanol–water partition coefficient (Wildman–Crippen LogP) is 4.58. The molecule has 2 aliphatic rings. The minimum absolute atomic E-state index is 0.136. The number of benzene rings is 2. The van der Waals surface area contributed by atoms with E-state index in [-0.39, 0.29) is 17.4 Å². The number of ether oxygens (including phenoxy) is 5. The Balaban J connectivity index is 1.81. The van der Waals surface area contributed by atoms with Crippen LogP contribution in [0.1, 0.15) is 45.7 Å². The predicted molar refractivity (Wildman–Crippen MR) is 164 cm³/mol. The van der Waals surface area contributed by atoms with Crippen molar-refractivity contribution in [2.75, 3.05) is 52.4 Å². The minimum atomic E-state index is -1.38. The number of carbonyl (C=O) groups excluding carboxylic acids is 2. The van der Waals surface area contributed by atoms with Crippen molar-refractivity contribution in [1.29, 1.82) is 0 Å². The van der Waals surface area contributed by atoms with Crippen molar-refractivity contribution in [3.63, 3.8) is 0 Å². The van der Waals surface area contributed by atoms with Crippen molar-refractivity contribution in [3.05, 3.63) is 65.0 Å². The second-order valence-electron chi connectivity index (χ2n) is 11.9. The Hall–Kier alpha value is -3.76. The van der Waals surface area contributed by atoms with Gasteiger partial charge in [-0.1, -0.05) is 38.1 Å². The van der Waals surface area contributed by atoms with E-state index >= 15 is 0 Å². The molecule has 2 aromatic rings. The molecule has 1 atom stereocenters. The van der Waals surface area contributed by atoms with E-state index in [0.717, 1.165) is 25.1 Å². The summed E-state index contributed by atoms with van der Waals surface area (Å²) in [7, 11) is 3.13. The molecule has 0 aliphatic carbocycles. The van der Waals surface area contributed by atoms with E-state index in [1.54, 1.807) is 32.4 Å². The van der Waals surface area contributed by atoms with E-state index in [1.807, 2.05) is 4.90 Å². The Morgan fingerprint density at radius 2 is 1.58 bits per heavy atom. The monoisotopic (exact) mass is 595 g/mol. The van der Waals surface area contributed by atoms with E-state index in [0.29, 0.717) is 49.4 Å². The van der Waals surface area contributed by atoms with Gasteiger partial charge < -0.3 is 33.9 Å². The fourth-order valence-corrected chi connectivity index (χ4v) is 5.31. The zero-order chi connectivity index (χ0) is 31.1. The van der Waals surface area contributed by atoms with Crippen LogP contribution in [-0.2, 0) is 36.8 Å². The highest BCUT2D eigenvalue weighted by Crippen LogP contribution is 2.34. The maximum atomic E-state index is 13.5. The van der Waals surface area contributed by atoms with Crippen molar-refractivity contribution >= 4 is 17.6 Å². The fraction of sp³-hybridized carbons (Fsp3) is 0.515. The molecule has 2 heterocycles. The number of hydrogen-bond acceptors (Lipinski definition) is 10. The number of esters is 2. The molecular formula is C33H45N3O7. The van der Waals surface area contributed by atoms with Gasteiger partial charge in [0.05, 0.1) is 33.1 Å². The van der Waals surface area contributed by atoms with Crippen molar-refractivity contribution in [1.82, 2.24) is 9.80 Å². The summed E-state index contributed by atoms with van der Waals surface area (Å²) >= 11 is 0. The Bertz CT molecular complexity index is 1280. The summed E-state index contributed by atoms with van der Waals surface area (Å²) in [4.78, 5) is 31.4. The van der Waals surface area contributed by atoms with Crippen LogP contribution in [0.2, 0.25) is 0 Å². The number of methoxy groups -OCH3 is 2. The van der Waals surface area contributed by atoms with E-state index in [2.05, 4.69) is 55.3 Å². The van der Waals surface area contributed by atoms with Crippen LogP contribution in [0.3, 0.4) is 0 Å². The molecule has 2 aliphatic heterocycles. The first-order valence-corrected chi connectivity index (χ1v) is 14.8. The first-order valence-electron chi connectivity index (χ1n) is 14.8. The summed E-state index contributed by atoms with van der Waals surface area (Å²) in [5.41, 5.74) is 2.63. The SMILES string of the molecule is COc1ccc(NC(=C2C(=O)OC(C)(C)OC2=O)N(Cc2ccc(CC(C)C)cc2)C(C)CN2CCOCC2)c(OC)c1. The molecule has 2 saturated heterocycles. The van der Waals surface area contributed by atoms with E-state index in [9.17, 15) is 9.59 Å². The summed E-state index contributed by atoms with van der Waals surface area (Å²) in [6, 6.07) is 13.6. The average molecular weight is 596 g/mol. The zero-order valence-electron chi connectivity index (χ0n) is 26.4. The molecule has 0 saturated carbocycles. The normalized spacial score (nSPS) is 17.6. The topological polar surface area (TPSA) is 98.8 Å². The molecule has 10 heteroatoms. The molecule has 0 spiro atoms. The van der Waals surface area contributed by atoms with Crippen molar-refractivity contribution in [2.45, 2.75) is 59.4 Å². The van der Waals surface area contributed by atoms with E-state index < -0.39 is 17.7 Å². The molecule has 1 unspecified atom stereocenters. The lowest BCUT2D eigenvalue weighted by atomic mass is 10.0. The average Bonchev–Trinajstić information content (AvgIpc) is 2.95. The second kappa shape index (κ2) is 14.1. The Morgan fingerprint density at radius 3 is 2.16 bits per heavy atom. The Kier molecular flexibility index (Phi) is 10.6. The standard InChI is InChI=1S/C33H45N3O7/c1-22(2)18-24-8-10-25(11-9-24)21-36(23(3)20-35-14-16-41-17-15-35)30(29-31(37)42-33(4,5)43-32(29)38)34-27-13-12-26(39-6)19-28(27)40-7/h8-13,19,22-23,34H,14-18,20-21H2,1-7H3. The largest absolute Gasteiger partial charge is 0.497 e. The van der Waals surface area contributed by atoms with Gasteiger partial charge in [-0.2, -0.15) is 0 Å². The van der Waals surface area contributed by atoms with Gasteiger partial charge >= 0.3 is 11.9 Å². The van der Waals surface area contributed by atoms with Crippen LogP contribution in [0, 0.1) is 5.92 Å². The minimum Gasteiger partial charge on any atom is -0.497 e. The molecule has 10 nitrogen and oxygen atoms in total. The van der Waals surface area contributed by atoms with Gasteiger partial charge in [-0.25, -0.2) is 9.59 Å². The lowest BCUT2D eigenvalue weighted by Gasteiger charge is -2.39. The Morgan fingerprint density at radius 1 is 0.953 bits per heavy atom. The van der Waals surface area contributed by atoms with Gasteiger partial charge in [-0.3, -0.25) is 4.90 Å². The van der Waals surface area contributed by atoms with Gasteiger partial charge in [-0.15, -0.1) is 0 Å². The molecule has 0 bridgehead atoms. The number of carbonyl (C=O) groups is 2. The van der Waals surface area contributed by atoms with E-state index in [1.165, 1.54) is 19.4 Å². The molecule has 2 aromatic carbocycles. The van der Waals surface area contributed by atoms with Crippen LogP contribution in [0.5, 0.6) is 11.5 Å². The van der Waals surface area contributed by atoms with Crippen LogP contribution in [0.15, 0.2) is 53.9 Å².